The first-order valence-corrected chi connectivity index (χ1v) is 6.26. The molecular weight excluding hydrogens is 266 g/mol. The molecule has 0 aliphatic carbocycles. The van der Waals surface area contributed by atoms with Gasteiger partial charge in [-0.15, -0.1) is 5.10 Å². The summed E-state index contributed by atoms with van der Waals surface area (Å²) in [5, 5.41) is 3.69. The van der Waals surface area contributed by atoms with E-state index in [4.69, 9.17) is 5.73 Å². The second-order valence-corrected chi connectivity index (χ2v) is 5.21. The second-order valence-electron chi connectivity index (χ2n) is 3.32. The average molecular weight is 274 g/mol. The summed E-state index contributed by atoms with van der Waals surface area (Å²) in [6.45, 7) is 0. The van der Waals surface area contributed by atoms with E-state index in [-0.39, 0.29) is 11.6 Å². The van der Waals surface area contributed by atoms with E-state index in [1.807, 2.05) is 0 Å². The number of rotatable bonds is 3. The van der Waals surface area contributed by atoms with Crippen LogP contribution in [0.1, 0.15) is 0 Å². The van der Waals surface area contributed by atoms with Crippen LogP contribution in [0.25, 0.3) is 5.69 Å². The maximum Gasteiger partial charge on any atom is 0.341 e. The normalized spacial score (nSPS) is 11.9. The molecule has 0 atom stereocenters. The topological polar surface area (TPSA) is 90.9 Å². The summed E-state index contributed by atoms with van der Waals surface area (Å²) >= 11 is 0. The molecule has 9 heteroatoms. The van der Waals surface area contributed by atoms with Crippen molar-refractivity contribution in [3.05, 3.63) is 30.6 Å². The van der Waals surface area contributed by atoms with Gasteiger partial charge in [0.05, 0.1) is 10.6 Å². The molecule has 18 heavy (non-hydrogen) atoms. The zero-order valence-corrected chi connectivity index (χ0v) is 9.68. The van der Waals surface area contributed by atoms with Crippen LogP contribution in [0.3, 0.4) is 0 Å². The van der Waals surface area contributed by atoms with Gasteiger partial charge >= 0.3 is 5.76 Å². The summed E-state index contributed by atoms with van der Waals surface area (Å²) in [4.78, 5) is 3.09. The number of halogens is 2. The van der Waals surface area contributed by atoms with E-state index in [1.54, 1.807) is 0 Å². The van der Waals surface area contributed by atoms with E-state index in [0.29, 0.717) is 0 Å². The minimum Gasteiger partial charge on any atom is -0.366 e. The summed E-state index contributed by atoms with van der Waals surface area (Å²) in [5.41, 5.74) is 5.27. The lowest BCUT2D eigenvalue weighted by Gasteiger charge is -2.08. The minimum absolute atomic E-state index is 0.0259. The molecule has 0 aliphatic heterocycles. The van der Waals surface area contributed by atoms with Gasteiger partial charge in [-0.2, -0.15) is 8.78 Å². The Morgan fingerprint density at radius 2 is 1.94 bits per heavy atom. The Balaban J connectivity index is 2.64. The zero-order valence-electron chi connectivity index (χ0n) is 8.86. The third-order valence-electron chi connectivity index (χ3n) is 2.16. The molecule has 0 saturated heterocycles. The van der Waals surface area contributed by atoms with E-state index in [2.05, 4.69) is 10.1 Å². The molecule has 0 amide bonds. The van der Waals surface area contributed by atoms with Gasteiger partial charge in [0.15, 0.2) is 0 Å². The van der Waals surface area contributed by atoms with Gasteiger partial charge < -0.3 is 5.73 Å². The van der Waals surface area contributed by atoms with Crippen LogP contribution in [0.2, 0.25) is 0 Å². The first-order chi connectivity index (χ1) is 8.43. The van der Waals surface area contributed by atoms with Crippen LogP contribution in [-0.4, -0.2) is 28.9 Å². The largest absolute Gasteiger partial charge is 0.366 e. The lowest BCUT2D eigenvalue weighted by Crippen LogP contribution is -2.14. The number of anilines is 1. The van der Waals surface area contributed by atoms with Crippen LogP contribution >= 0.6 is 0 Å². The Kier molecular flexibility index (Phi) is 2.99. The number of nitrogens with zero attached hydrogens (tertiary/aromatic N) is 3. The SMILES string of the molecule is Nc1ncn(-c2ccccc2S(=O)(=O)C(F)F)n1. The van der Waals surface area contributed by atoms with Gasteiger partial charge in [0.1, 0.15) is 6.33 Å². The van der Waals surface area contributed by atoms with Crippen molar-refractivity contribution < 1.29 is 17.2 Å². The molecule has 0 spiro atoms. The van der Waals surface area contributed by atoms with Crippen LogP contribution in [0.5, 0.6) is 0 Å². The highest BCUT2D eigenvalue weighted by Crippen LogP contribution is 2.24. The molecule has 0 fully saturated rings. The molecule has 1 heterocycles. The first-order valence-electron chi connectivity index (χ1n) is 4.71. The molecule has 1 aromatic carbocycles. The fraction of sp³-hybridized carbons (Fsp3) is 0.111. The summed E-state index contributed by atoms with van der Waals surface area (Å²) in [5.74, 6) is -3.58. The van der Waals surface area contributed by atoms with E-state index >= 15 is 0 Å². The molecule has 2 aromatic rings. The number of nitrogens with two attached hydrogens (primary N) is 1. The van der Waals surface area contributed by atoms with Crippen molar-refractivity contribution in [3.8, 4) is 5.69 Å². The summed E-state index contributed by atoms with van der Waals surface area (Å²) in [6.07, 6.45) is 1.15. The Bertz CT molecular complexity index is 669. The van der Waals surface area contributed by atoms with Crippen molar-refractivity contribution in [1.82, 2.24) is 14.8 Å². The van der Waals surface area contributed by atoms with E-state index in [1.165, 1.54) is 18.2 Å². The lowest BCUT2D eigenvalue weighted by molar-refractivity contribution is 0.234. The molecule has 1 aromatic heterocycles. The quantitative estimate of drug-likeness (QED) is 0.895. The predicted molar refractivity (Wildman–Crippen MR) is 59.0 cm³/mol. The maximum absolute atomic E-state index is 12.5. The van der Waals surface area contributed by atoms with Crippen molar-refractivity contribution in [3.63, 3.8) is 0 Å². The number of sulfone groups is 1. The highest BCUT2D eigenvalue weighted by Gasteiger charge is 2.29. The number of hydrogen-bond donors (Lipinski definition) is 1. The van der Waals surface area contributed by atoms with Gasteiger partial charge in [0.2, 0.25) is 15.8 Å². The molecule has 96 valence electrons. The van der Waals surface area contributed by atoms with Crippen molar-refractivity contribution >= 4 is 15.8 Å². The van der Waals surface area contributed by atoms with Crippen LogP contribution < -0.4 is 5.73 Å². The molecule has 0 saturated carbocycles. The number of hydrogen-bond acceptors (Lipinski definition) is 5. The van der Waals surface area contributed by atoms with Crippen LogP contribution in [-0.2, 0) is 9.84 Å². The van der Waals surface area contributed by atoms with Gasteiger partial charge in [-0.1, -0.05) is 12.1 Å². The van der Waals surface area contributed by atoms with Crippen LogP contribution in [0, 0.1) is 0 Å². The highest BCUT2D eigenvalue weighted by molar-refractivity contribution is 7.91. The van der Waals surface area contributed by atoms with Crippen molar-refractivity contribution in [1.29, 1.82) is 0 Å². The zero-order chi connectivity index (χ0) is 13.3. The number of benzene rings is 1. The smallest absolute Gasteiger partial charge is 0.341 e. The minimum atomic E-state index is -4.71. The molecule has 0 aliphatic rings. The van der Waals surface area contributed by atoms with Crippen molar-refractivity contribution in [2.45, 2.75) is 10.7 Å². The van der Waals surface area contributed by atoms with Crippen LogP contribution in [0.4, 0.5) is 14.7 Å². The van der Waals surface area contributed by atoms with Crippen molar-refractivity contribution in [2.24, 2.45) is 0 Å². The molecule has 2 rings (SSSR count). The molecule has 2 N–H and O–H groups in total. The Hall–Kier alpha value is -2.03. The third kappa shape index (κ3) is 2.04. The van der Waals surface area contributed by atoms with Gasteiger partial charge in [-0.05, 0) is 12.1 Å². The van der Waals surface area contributed by atoms with Crippen molar-refractivity contribution in [2.75, 3.05) is 5.73 Å². The second kappa shape index (κ2) is 4.33. The number of nitrogen functional groups attached to an aromatic ring is 1. The predicted octanol–water partition coefficient (Wildman–Crippen LogP) is 0.846. The van der Waals surface area contributed by atoms with Gasteiger partial charge in [0.25, 0.3) is 0 Å². The third-order valence-corrected chi connectivity index (χ3v) is 3.59. The van der Waals surface area contributed by atoms with Gasteiger partial charge in [-0.3, -0.25) is 0 Å². The molecule has 0 bridgehead atoms. The Morgan fingerprint density at radius 3 is 2.50 bits per heavy atom. The average Bonchev–Trinajstić information content (AvgIpc) is 2.75. The molecule has 6 nitrogen and oxygen atoms in total. The summed E-state index contributed by atoms with van der Waals surface area (Å²) < 4.78 is 49.1. The highest BCUT2D eigenvalue weighted by atomic mass is 32.2. The number of alkyl halides is 2. The monoisotopic (exact) mass is 274 g/mol. The van der Waals surface area contributed by atoms with Crippen LogP contribution in [0.15, 0.2) is 35.5 Å². The Labute approximate surface area is 101 Å². The molecule has 0 radical (unpaired) electrons. The fourth-order valence-electron chi connectivity index (χ4n) is 1.37. The fourth-order valence-corrected chi connectivity index (χ4v) is 2.29. The van der Waals surface area contributed by atoms with E-state index in [0.717, 1.165) is 17.1 Å². The lowest BCUT2D eigenvalue weighted by atomic mass is 10.3. The number of aromatic nitrogens is 3. The summed E-state index contributed by atoms with van der Waals surface area (Å²) in [6, 6.07) is 5.26. The van der Waals surface area contributed by atoms with Gasteiger partial charge in [0, 0.05) is 0 Å². The molecule has 0 unspecified atom stereocenters. The van der Waals surface area contributed by atoms with E-state index < -0.39 is 20.5 Å². The van der Waals surface area contributed by atoms with Gasteiger partial charge in [-0.25, -0.2) is 18.1 Å². The Morgan fingerprint density at radius 1 is 1.28 bits per heavy atom. The first kappa shape index (κ1) is 12.4. The summed E-state index contributed by atoms with van der Waals surface area (Å²) in [7, 11) is -4.71. The molecular formula is C9H8F2N4O2S. The maximum atomic E-state index is 12.5. The number of para-hydroxylation sites is 1. The standard InChI is InChI=1S/C9H8F2N4O2S/c10-8(11)18(16,17)7-4-2-1-3-6(7)15-5-13-9(12)14-15/h1-5,8H,(H2,12,14). The van der Waals surface area contributed by atoms with E-state index in [9.17, 15) is 17.2 Å².